The number of hydrogen-bond acceptors (Lipinski definition) is 8. The Hall–Kier alpha value is -2.69. The molecule has 1 amide bonds. The minimum atomic E-state index is -0.129. The SMILES string of the molecule is O=C(CSc1ccccc1)Nc1nnc(SCc2cc(=O)n3ccccc3n2)s1. The number of thioether (sulfide) groups is 2. The third-order valence-corrected chi connectivity index (χ3v) is 6.75. The first-order valence-electron chi connectivity index (χ1n) is 8.59. The number of anilines is 1. The summed E-state index contributed by atoms with van der Waals surface area (Å²) in [6.07, 6.45) is 1.69. The van der Waals surface area contributed by atoms with Gasteiger partial charge in [-0.2, -0.15) is 0 Å². The predicted molar refractivity (Wildman–Crippen MR) is 117 cm³/mol. The van der Waals surface area contributed by atoms with Crippen LogP contribution in [0.15, 0.2) is 74.8 Å². The molecule has 4 rings (SSSR count). The Labute approximate surface area is 178 Å². The summed E-state index contributed by atoms with van der Waals surface area (Å²) in [4.78, 5) is 29.8. The van der Waals surface area contributed by atoms with Crippen LogP contribution in [0.2, 0.25) is 0 Å². The molecule has 0 unspecified atom stereocenters. The molecule has 1 N–H and O–H groups in total. The zero-order valence-corrected chi connectivity index (χ0v) is 17.5. The maximum Gasteiger partial charge on any atom is 0.258 e. The number of aromatic nitrogens is 4. The van der Waals surface area contributed by atoms with E-state index in [1.165, 1.54) is 45.3 Å². The lowest BCUT2D eigenvalue weighted by molar-refractivity contribution is -0.113. The Balaban J connectivity index is 1.32. The van der Waals surface area contributed by atoms with Gasteiger partial charge in [0.1, 0.15) is 5.65 Å². The summed E-state index contributed by atoms with van der Waals surface area (Å²) in [5, 5.41) is 11.3. The van der Waals surface area contributed by atoms with Crippen molar-refractivity contribution >= 4 is 51.5 Å². The number of pyridine rings is 1. The van der Waals surface area contributed by atoms with E-state index in [9.17, 15) is 9.59 Å². The van der Waals surface area contributed by atoms with Crippen molar-refractivity contribution in [1.82, 2.24) is 19.6 Å². The van der Waals surface area contributed by atoms with Gasteiger partial charge in [-0.15, -0.1) is 22.0 Å². The molecule has 1 aromatic carbocycles. The van der Waals surface area contributed by atoms with E-state index in [2.05, 4.69) is 20.5 Å². The van der Waals surface area contributed by atoms with Crippen LogP contribution in [-0.4, -0.2) is 31.2 Å². The maximum absolute atomic E-state index is 12.1. The van der Waals surface area contributed by atoms with Crippen LogP contribution in [0.1, 0.15) is 5.69 Å². The number of nitrogens with one attached hydrogen (secondary N) is 1. The van der Waals surface area contributed by atoms with E-state index in [1.807, 2.05) is 36.4 Å². The normalized spacial score (nSPS) is 10.9. The molecule has 0 radical (unpaired) electrons. The highest BCUT2D eigenvalue weighted by Crippen LogP contribution is 2.28. The zero-order chi connectivity index (χ0) is 20.1. The Morgan fingerprint density at radius 2 is 1.90 bits per heavy atom. The lowest BCUT2D eigenvalue weighted by Crippen LogP contribution is -2.14. The minimum Gasteiger partial charge on any atom is -0.300 e. The van der Waals surface area contributed by atoms with E-state index >= 15 is 0 Å². The Bertz CT molecular complexity index is 1190. The van der Waals surface area contributed by atoms with Crippen LogP contribution >= 0.6 is 34.9 Å². The molecule has 0 aliphatic heterocycles. The van der Waals surface area contributed by atoms with Crippen molar-refractivity contribution in [1.29, 1.82) is 0 Å². The first kappa shape index (κ1) is 19.6. The van der Waals surface area contributed by atoms with Crippen LogP contribution < -0.4 is 10.9 Å². The van der Waals surface area contributed by atoms with Crippen molar-refractivity contribution in [3.63, 3.8) is 0 Å². The lowest BCUT2D eigenvalue weighted by atomic mass is 10.4. The van der Waals surface area contributed by atoms with Crippen LogP contribution in [0.25, 0.3) is 5.65 Å². The lowest BCUT2D eigenvalue weighted by Gasteiger charge is -2.02. The van der Waals surface area contributed by atoms with Crippen LogP contribution in [-0.2, 0) is 10.5 Å². The predicted octanol–water partition coefficient (Wildman–Crippen LogP) is 3.57. The van der Waals surface area contributed by atoms with Crippen molar-refractivity contribution in [3.05, 3.63) is 76.8 Å². The molecule has 0 fully saturated rings. The van der Waals surface area contributed by atoms with E-state index in [4.69, 9.17) is 0 Å². The van der Waals surface area contributed by atoms with Gasteiger partial charge in [-0.1, -0.05) is 47.4 Å². The van der Waals surface area contributed by atoms with Gasteiger partial charge < -0.3 is 0 Å². The standard InChI is InChI=1S/C19H15N5O2S3/c25-16(12-27-14-6-2-1-3-7-14)21-18-22-23-19(29-18)28-11-13-10-17(26)24-9-5-4-8-15(24)20-13/h1-10H,11-12H2,(H,21,22,25). The number of nitrogens with zero attached hydrogens (tertiary/aromatic N) is 4. The van der Waals surface area contributed by atoms with Gasteiger partial charge in [0.2, 0.25) is 11.0 Å². The first-order valence-corrected chi connectivity index (χ1v) is 11.4. The highest BCUT2D eigenvalue weighted by atomic mass is 32.2. The second kappa shape index (κ2) is 9.21. The molecule has 0 atom stereocenters. The summed E-state index contributed by atoms with van der Waals surface area (Å²) in [7, 11) is 0. The fraction of sp³-hybridized carbons (Fsp3) is 0.105. The van der Waals surface area contributed by atoms with Crippen LogP contribution in [0, 0.1) is 0 Å². The third-order valence-electron chi connectivity index (χ3n) is 3.73. The molecular weight excluding hydrogens is 426 g/mol. The van der Waals surface area contributed by atoms with E-state index in [1.54, 1.807) is 18.3 Å². The van der Waals surface area contributed by atoms with Crippen LogP contribution in [0.3, 0.4) is 0 Å². The third kappa shape index (κ3) is 5.22. The second-order valence-corrected chi connectivity index (χ2v) is 9.07. The summed E-state index contributed by atoms with van der Waals surface area (Å²) < 4.78 is 2.20. The molecule has 0 saturated carbocycles. The number of carbonyl (C=O) groups is 1. The van der Waals surface area contributed by atoms with Gasteiger partial charge in [0.15, 0.2) is 4.34 Å². The molecule has 0 aliphatic carbocycles. The van der Waals surface area contributed by atoms with E-state index < -0.39 is 0 Å². The number of carbonyl (C=O) groups excluding carboxylic acids is 1. The van der Waals surface area contributed by atoms with Crippen LogP contribution in [0.4, 0.5) is 5.13 Å². The maximum atomic E-state index is 12.1. The Morgan fingerprint density at radius 3 is 2.76 bits per heavy atom. The number of rotatable bonds is 7. The molecule has 10 heteroatoms. The summed E-state index contributed by atoms with van der Waals surface area (Å²) in [6.45, 7) is 0. The van der Waals surface area contributed by atoms with Gasteiger partial charge in [0, 0.05) is 22.9 Å². The molecule has 7 nitrogen and oxygen atoms in total. The molecule has 3 aromatic heterocycles. The van der Waals surface area contributed by atoms with Gasteiger partial charge in [0.05, 0.1) is 11.4 Å². The molecule has 29 heavy (non-hydrogen) atoms. The van der Waals surface area contributed by atoms with Gasteiger partial charge in [0.25, 0.3) is 5.56 Å². The highest BCUT2D eigenvalue weighted by molar-refractivity contribution is 8.00. The number of hydrogen-bond donors (Lipinski definition) is 1. The Kier molecular flexibility index (Phi) is 6.23. The topological polar surface area (TPSA) is 89.2 Å². The molecule has 0 saturated heterocycles. The van der Waals surface area contributed by atoms with Gasteiger partial charge in [-0.05, 0) is 24.3 Å². The van der Waals surface area contributed by atoms with E-state index in [-0.39, 0.29) is 11.5 Å². The van der Waals surface area contributed by atoms with Gasteiger partial charge in [-0.25, -0.2) is 4.98 Å². The summed E-state index contributed by atoms with van der Waals surface area (Å²) in [5.41, 5.74) is 1.16. The van der Waals surface area contributed by atoms with Gasteiger partial charge >= 0.3 is 0 Å². The van der Waals surface area contributed by atoms with Crippen molar-refractivity contribution in [2.75, 3.05) is 11.1 Å². The summed E-state index contributed by atoms with van der Waals surface area (Å²) in [6, 6.07) is 16.7. The molecule has 0 bridgehead atoms. The quantitative estimate of drug-likeness (QED) is 0.346. The molecular formula is C19H15N5O2S3. The molecule has 146 valence electrons. The van der Waals surface area contributed by atoms with E-state index in [0.29, 0.717) is 32.3 Å². The highest BCUT2D eigenvalue weighted by Gasteiger charge is 2.10. The monoisotopic (exact) mass is 441 g/mol. The first-order chi connectivity index (χ1) is 14.2. The van der Waals surface area contributed by atoms with Gasteiger partial charge in [-0.3, -0.25) is 19.3 Å². The van der Waals surface area contributed by atoms with Crippen molar-refractivity contribution in [3.8, 4) is 0 Å². The molecule has 0 spiro atoms. The van der Waals surface area contributed by atoms with Crippen LogP contribution in [0.5, 0.6) is 0 Å². The molecule has 4 aromatic rings. The number of fused-ring (bicyclic) bond motifs is 1. The zero-order valence-electron chi connectivity index (χ0n) is 15.0. The fourth-order valence-corrected chi connectivity index (χ4v) is 4.83. The minimum absolute atomic E-state index is 0.118. The largest absolute Gasteiger partial charge is 0.300 e. The summed E-state index contributed by atoms with van der Waals surface area (Å²) in [5.74, 6) is 0.667. The Morgan fingerprint density at radius 1 is 1.07 bits per heavy atom. The van der Waals surface area contributed by atoms with Crippen molar-refractivity contribution in [2.24, 2.45) is 0 Å². The summed E-state index contributed by atoms with van der Waals surface area (Å²) >= 11 is 4.19. The van der Waals surface area contributed by atoms with Crippen molar-refractivity contribution in [2.45, 2.75) is 15.0 Å². The van der Waals surface area contributed by atoms with E-state index in [0.717, 1.165) is 4.90 Å². The fourth-order valence-electron chi connectivity index (χ4n) is 2.45. The molecule has 3 heterocycles. The smallest absolute Gasteiger partial charge is 0.258 e. The second-order valence-electron chi connectivity index (χ2n) is 5.83. The molecule has 0 aliphatic rings. The average Bonchev–Trinajstić information content (AvgIpc) is 3.19. The number of amides is 1. The average molecular weight is 442 g/mol. The van der Waals surface area contributed by atoms with Crippen molar-refractivity contribution < 1.29 is 4.79 Å². The number of benzene rings is 1.